The third kappa shape index (κ3) is 3.03. The molecule has 0 bridgehead atoms. The average molecular weight is 220 g/mol. The molecule has 0 radical (unpaired) electrons. The lowest BCUT2D eigenvalue weighted by Gasteiger charge is -2.09. The second kappa shape index (κ2) is 5.61. The van der Waals surface area contributed by atoms with Crippen LogP contribution in [0.5, 0.6) is 0 Å². The molecule has 1 unspecified atom stereocenters. The normalized spacial score (nSPS) is 19.6. The second-order valence-corrected chi connectivity index (χ2v) is 3.92. The maximum atomic E-state index is 11.6. The molecule has 4 heteroatoms. The molecule has 1 aliphatic rings. The van der Waals surface area contributed by atoms with E-state index in [1.54, 1.807) is 24.5 Å². The minimum Gasteiger partial charge on any atom is -0.378 e. The molecule has 0 spiro atoms. The van der Waals surface area contributed by atoms with Crippen LogP contribution in [0.15, 0.2) is 24.5 Å². The highest BCUT2D eigenvalue weighted by Crippen LogP contribution is 2.14. The molecule has 0 aliphatic carbocycles. The van der Waals surface area contributed by atoms with Crippen molar-refractivity contribution < 1.29 is 9.53 Å². The Hall–Kier alpha value is -1.42. The molecule has 2 heterocycles. The number of hydrogen-bond acceptors (Lipinski definition) is 3. The minimum atomic E-state index is -0.0413. The first-order valence-electron chi connectivity index (χ1n) is 5.66. The smallest absolute Gasteiger partial charge is 0.251 e. The van der Waals surface area contributed by atoms with Crippen molar-refractivity contribution in [1.29, 1.82) is 0 Å². The predicted molar refractivity (Wildman–Crippen MR) is 60.2 cm³/mol. The Kier molecular flexibility index (Phi) is 3.88. The first-order valence-corrected chi connectivity index (χ1v) is 5.66. The predicted octanol–water partition coefficient (Wildman–Crippen LogP) is 1.38. The molecule has 1 N–H and O–H groups in total. The first kappa shape index (κ1) is 11.1. The lowest BCUT2D eigenvalue weighted by molar-refractivity contribution is 0.0907. The third-order valence-corrected chi connectivity index (χ3v) is 2.72. The summed E-state index contributed by atoms with van der Waals surface area (Å²) in [6.45, 7) is 1.54. The molecule has 1 amide bonds. The Morgan fingerprint density at radius 3 is 3.00 bits per heavy atom. The summed E-state index contributed by atoms with van der Waals surface area (Å²) < 4.78 is 5.48. The monoisotopic (exact) mass is 220 g/mol. The van der Waals surface area contributed by atoms with E-state index in [9.17, 15) is 4.79 Å². The van der Waals surface area contributed by atoms with Crippen molar-refractivity contribution in [3.05, 3.63) is 30.1 Å². The van der Waals surface area contributed by atoms with E-state index in [0.29, 0.717) is 18.2 Å². The summed E-state index contributed by atoms with van der Waals surface area (Å²) in [6, 6.07) is 3.42. The van der Waals surface area contributed by atoms with Crippen molar-refractivity contribution in [2.24, 2.45) is 0 Å². The number of rotatable bonds is 4. The van der Waals surface area contributed by atoms with Crippen LogP contribution < -0.4 is 5.32 Å². The Balaban J connectivity index is 1.71. The topological polar surface area (TPSA) is 51.2 Å². The molecule has 1 saturated heterocycles. The van der Waals surface area contributed by atoms with Crippen molar-refractivity contribution in [2.45, 2.75) is 25.4 Å². The number of aromatic nitrogens is 1. The lowest BCUT2D eigenvalue weighted by atomic mass is 10.2. The second-order valence-electron chi connectivity index (χ2n) is 3.92. The van der Waals surface area contributed by atoms with Gasteiger partial charge in [0.1, 0.15) is 0 Å². The van der Waals surface area contributed by atoms with Crippen LogP contribution in [0, 0.1) is 0 Å². The Morgan fingerprint density at radius 1 is 1.50 bits per heavy atom. The molecular formula is C12H16N2O2. The van der Waals surface area contributed by atoms with Crippen LogP contribution in [0.1, 0.15) is 29.6 Å². The summed E-state index contributed by atoms with van der Waals surface area (Å²) in [5, 5.41) is 2.88. The van der Waals surface area contributed by atoms with E-state index < -0.39 is 0 Å². The Bertz CT molecular complexity index is 334. The summed E-state index contributed by atoms with van der Waals surface area (Å²) in [6.07, 6.45) is 6.73. The number of carbonyl (C=O) groups is 1. The van der Waals surface area contributed by atoms with Gasteiger partial charge in [0, 0.05) is 31.1 Å². The molecule has 4 nitrogen and oxygen atoms in total. The number of nitrogens with one attached hydrogen (secondary N) is 1. The fraction of sp³-hybridized carbons (Fsp3) is 0.500. The van der Waals surface area contributed by atoms with Gasteiger partial charge in [0.2, 0.25) is 0 Å². The van der Waals surface area contributed by atoms with Crippen molar-refractivity contribution >= 4 is 5.91 Å². The largest absolute Gasteiger partial charge is 0.378 e. The van der Waals surface area contributed by atoms with E-state index in [2.05, 4.69) is 10.3 Å². The molecular weight excluding hydrogens is 204 g/mol. The highest BCUT2D eigenvalue weighted by molar-refractivity contribution is 5.93. The molecule has 1 aliphatic heterocycles. The fourth-order valence-electron chi connectivity index (χ4n) is 1.82. The van der Waals surface area contributed by atoms with Gasteiger partial charge < -0.3 is 10.1 Å². The number of nitrogens with zero attached hydrogens (tertiary/aromatic N) is 1. The number of carbonyl (C=O) groups excluding carboxylic acids is 1. The van der Waals surface area contributed by atoms with E-state index in [1.165, 1.54) is 0 Å². The summed E-state index contributed by atoms with van der Waals surface area (Å²) in [4.78, 5) is 15.5. The zero-order valence-electron chi connectivity index (χ0n) is 9.19. The van der Waals surface area contributed by atoms with Crippen LogP contribution >= 0.6 is 0 Å². The van der Waals surface area contributed by atoms with Crippen LogP contribution in [0.25, 0.3) is 0 Å². The lowest BCUT2D eigenvalue weighted by Crippen LogP contribution is -2.26. The van der Waals surface area contributed by atoms with Crippen LogP contribution in [-0.2, 0) is 4.74 Å². The average Bonchev–Trinajstić information content (AvgIpc) is 2.83. The summed E-state index contributed by atoms with van der Waals surface area (Å²) >= 11 is 0. The van der Waals surface area contributed by atoms with Gasteiger partial charge in [-0.3, -0.25) is 9.78 Å². The van der Waals surface area contributed by atoms with E-state index in [1.807, 2.05) is 0 Å². The van der Waals surface area contributed by atoms with E-state index in [4.69, 9.17) is 4.74 Å². The van der Waals surface area contributed by atoms with Crippen molar-refractivity contribution in [3.8, 4) is 0 Å². The number of ether oxygens (including phenoxy) is 1. The molecule has 1 aromatic rings. The van der Waals surface area contributed by atoms with Crippen molar-refractivity contribution in [1.82, 2.24) is 10.3 Å². The van der Waals surface area contributed by atoms with Crippen molar-refractivity contribution in [3.63, 3.8) is 0 Å². The maximum absolute atomic E-state index is 11.6. The third-order valence-electron chi connectivity index (χ3n) is 2.72. The van der Waals surface area contributed by atoms with Gasteiger partial charge in [-0.2, -0.15) is 0 Å². The maximum Gasteiger partial charge on any atom is 0.251 e. The number of pyridine rings is 1. The SMILES string of the molecule is O=C(NCCC1CCCO1)c1ccncc1. The molecule has 1 aromatic heterocycles. The molecule has 16 heavy (non-hydrogen) atoms. The number of hydrogen-bond donors (Lipinski definition) is 1. The summed E-state index contributed by atoms with van der Waals surface area (Å²) in [5.74, 6) is -0.0413. The van der Waals surface area contributed by atoms with E-state index in [0.717, 1.165) is 25.9 Å². The van der Waals surface area contributed by atoms with E-state index in [-0.39, 0.29) is 5.91 Å². The van der Waals surface area contributed by atoms with Crippen molar-refractivity contribution in [2.75, 3.05) is 13.2 Å². The van der Waals surface area contributed by atoms with Gasteiger partial charge in [0.15, 0.2) is 0 Å². The highest BCUT2D eigenvalue weighted by Gasteiger charge is 2.15. The number of amides is 1. The Labute approximate surface area is 95.0 Å². The molecule has 0 saturated carbocycles. The van der Waals surface area contributed by atoms with Gasteiger partial charge in [-0.05, 0) is 31.4 Å². The Morgan fingerprint density at radius 2 is 2.31 bits per heavy atom. The van der Waals surface area contributed by atoms with Gasteiger partial charge >= 0.3 is 0 Å². The van der Waals surface area contributed by atoms with Gasteiger partial charge in [0.05, 0.1) is 6.10 Å². The summed E-state index contributed by atoms with van der Waals surface area (Å²) in [5.41, 5.74) is 0.655. The zero-order valence-corrected chi connectivity index (χ0v) is 9.19. The van der Waals surface area contributed by atoms with Gasteiger partial charge in [-0.25, -0.2) is 0 Å². The summed E-state index contributed by atoms with van der Waals surface area (Å²) in [7, 11) is 0. The van der Waals surface area contributed by atoms with E-state index >= 15 is 0 Å². The highest BCUT2D eigenvalue weighted by atomic mass is 16.5. The molecule has 86 valence electrons. The standard InChI is InChI=1S/C12H16N2O2/c15-12(10-3-6-13-7-4-10)14-8-5-11-2-1-9-16-11/h3-4,6-7,11H,1-2,5,8-9H2,(H,14,15). The minimum absolute atomic E-state index is 0.0413. The molecule has 0 aromatic carbocycles. The molecule has 2 rings (SSSR count). The van der Waals surface area contributed by atoms with Crippen LogP contribution in [-0.4, -0.2) is 30.1 Å². The quantitative estimate of drug-likeness (QED) is 0.834. The van der Waals surface area contributed by atoms with Gasteiger partial charge in [0.25, 0.3) is 5.91 Å². The van der Waals surface area contributed by atoms with Crippen LogP contribution in [0.3, 0.4) is 0 Å². The van der Waals surface area contributed by atoms with Gasteiger partial charge in [-0.15, -0.1) is 0 Å². The molecule has 1 atom stereocenters. The molecule has 1 fully saturated rings. The fourth-order valence-corrected chi connectivity index (χ4v) is 1.82. The van der Waals surface area contributed by atoms with Crippen LogP contribution in [0.2, 0.25) is 0 Å². The zero-order chi connectivity index (χ0) is 11.2. The van der Waals surface area contributed by atoms with Crippen LogP contribution in [0.4, 0.5) is 0 Å². The first-order chi connectivity index (χ1) is 7.86. The van der Waals surface area contributed by atoms with Gasteiger partial charge in [-0.1, -0.05) is 0 Å².